The highest BCUT2D eigenvalue weighted by atomic mass is 16.5. The van der Waals surface area contributed by atoms with Crippen LogP contribution in [0.15, 0.2) is 36.5 Å². The summed E-state index contributed by atoms with van der Waals surface area (Å²) in [6.45, 7) is 2.85. The molecule has 1 saturated heterocycles. The number of ether oxygens (including phenoxy) is 1. The van der Waals surface area contributed by atoms with Crippen molar-refractivity contribution in [1.29, 1.82) is 0 Å². The van der Waals surface area contributed by atoms with E-state index >= 15 is 0 Å². The van der Waals surface area contributed by atoms with Gasteiger partial charge in [-0.2, -0.15) is 0 Å². The molecule has 0 bridgehead atoms. The lowest BCUT2D eigenvalue weighted by atomic mass is 9.83. The molecule has 27 heavy (non-hydrogen) atoms. The molecule has 4 rings (SSSR count). The molecule has 0 unspecified atom stereocenters. The maximum absolute atomic E-state index is 12.0. The SMILES string of the molecule is CN(C)C(=O)CN1CCC2(CC1)OCCc1cnc(-c3ccccc3)nc12. The highest BCUT2D eigenvalue weighted by Gasteiger charge is 2.42. The Hall–Kier alpha value is -2.31. The van der Waals surface area contributed by atoms with Crippen LogP contribution >= 0.6 is 0 Å². The number of likely N-dealkylation sites (N-methyl/N-ethyl adjacent to an activating group) is 1. The minimum Gasteiger partial charge on any atom is -0.368 e. The molecule has 0 saturated carbocycles. The van der Waals surface area contributed by atoms with E-state index in [-0.39, 0.29) is 11.5 Å². The molecule has 1 fully saturated rings. The van der Waals surface area contributed by atoms with Crippen LogP contribution in [0.5, 0.6) is 0 Å². The van der Waals surface area contributed by atoms with Crippen LogP contribution in [0.3, 0.4) is 0 Å². The number of hydrogen-bond acceptors (Lipinski definition) is 5. The summed E-state index contributed by atoms with van der Waals surface area (Å²) in [5.41, 5.74) is 2.91. The molecule has 1 spiro atoms. The molecule has 142 valence electrons. The molecule has 1 amide bonds. The van der Waals surface area contributed by atoms with Crippen LogP contribution in [0, 0.1) is 0 Å². The Bertz CT molecular complexity index is 814. The lowest BCUT2D eigenvalue weighted by Crippen LogP contribution is -2.49. The van der Waals surface area contributed by atoms with Gasteiger partial charge in [0.1, 0.15) is 5.60 Å². The topological polar surface area (TPSA) is 58.6 Å². The number of amides is 1. The van der Waals surface area contributed by atoms with Gasteiger partial charge in [0.15, 0.2) is 5.82 Å². The first kappa shape index (κ1) is 18.1. The van der Waals surface area contributed by atoms with E-state index in [0.717, 1.165) is 49.4 Å². The van der Waals surface area contributed by atoms with Gasteiger partial charge in [0, 0.05) is 38.9 Å². The fraction of sp³-hybridized carbons (Fsp3) is 0.476. The number of carbonyl (C=O) groups is 1. The van der Waals surface area contributed by atoms with Crippen LogP contribution in [0.2, 0.25) is 0 Å². The van der Waals surface area contributed by atoms with Crippen LogP contribution in [-0.2, 0) is 21.6 Å². The molecule has 3 heterocycles. The zero-order chi connectivity index (χ0) is 18.9. The normalized spacial score (nSPS) is 18.9. The van der Waals surface area contributed by atoms with E-state index in [9.17, 15) is 4.79 Å². The number of rotatable bonds is 3. The Morgan fingerprint density at radius 2 is 1.96 bits per heavy atom. The van der Waals surface area contributed by atoms with Crippen LogP contribution in [0.25, 0.3) is 11.4 Å². The van der Waals surface area contributed by atoms with Crippen molar-refractivity contribution in [1.82, 2.24) is 19.8 Å². The standard InChI is InChI=1S/C21H26N4O2/c1-24(2)18(26)15-25-11-9-21(10-12-25)19-17(8-13-27-21)14-22-20(23-19)16-6-4-3-5-7-16/h3-7,14H,8-13,15H2,1-2H3. The number of carbonyl (C=O) groups excluding carboxylic acids is 1. The molecule has 6 heteroatoms. The largest absolute Gasteiger partial charge is 0.368 e. The molecule has 0 atom stereocenters. The molecule has 0 aliphatic carbocycles. The molecule has 0 N–H and O–H groups in total. The van der Waals surface area contributed by atoms with Gasteiger partial charge in [-0.15, -0.1) is 0 Å². The van der Waals surface area contributed by atoms with Crippen molar-refractivity contribution in [2.75, 3.05) is 40.3 Å². The van der Waals surface area contributed by atoms with Crippen molar-refractivity contribution < 1.29 is 9.53 Å². The minimum atomic E-state index is -0.349. The van der Waals surface area contributed by atoms with E-state index in [2.05, 4.69) is 9.88 Å². The first-order valence-electron chi connectivity index (χ1n) is 9.56. The summed E-state index contributed by atoms with van der Waals surface area (Å²) in [4.78, 5) is 25.4. The Morgan fingerprint density at radius 1 is 1.22 bits per heavy atom. The summed E-state index contributed by atoms with van der Waals surface area (Å²) >= 11 is 0. The average Bonchev–Trinajstić information content (AvgIpc) is 2.70. The van der Waals surface area contributed by atoms with Crippen LogP contribution in [-0.4, -0.2) is 66.0 Å². The van der Waals surface area contributed by atoms with Gasteiger partial charge in [0.05, 0.1) is 18.8 Å². The Morgan fingerprint density at radius 3 is 2.67 bits per heavy atom. The fourth-order valence-electron chi connectivity index (χ4n) is 3.92. The van der Waals surface area contributed by atoms with Gasteiger partial charge in [-0.3, -0.25) is 9.69 Å². The second-order valence-electron chi connectivity index (χ2n) is 7.59. The minimum absolute atomic E-state index is 0.143. The summed E-state index contributed by atoms with van der Waals surface area (Å²) < 4.78 is 6.31. The predicted molar refractivity (Wildman–Crippen MR) is 103 cm³/mol. The molecule has 2 aliphatic rings. The van der Waals surface area contributed by atoms with Crippen molar-refractivity contribution in [3.05, 3.63) is 47.8 Å². The predicted octanol–water partition coefficient (Wildman–Crippen LogP) is 2.10. The van der Waals surface area contributed by atoms with E-state index in [1.165, 1.54) is 5.56 Å². The molecule has 2 aliphatic heterocycles. The van der Waals surface area contributed by atoms with Crippen LogP contribution in [0.4, 0.5) is 0 Å². The van der Waals surface area contributed by atoms with Crippen molar-refractivity contribution in [2.45, 2.75) is 24.9 Å². The maximum atomic E-state index is 12.0. The summed E-state index contributed by atoms with van der Waals surface area (Å²) in [5, 5.41) is 0. The lowest BCUT2D eigenvalue weighted by molar-refractivity contribution is -0.133. The van der Waals surface area contributed by atoms with Crippen LogP contribution < -0.4 is 0 Å². The first-order valence-corrected chi connectivity index (χ1v) is 9.56. The Labute approximate surface area is 160 Å². The van der Waals surface area contributed by atoms with Crippen molar-refractivity contribution in [3.63, 3.8) is 0 Å². The second-order valence-corrected chi connectivity index (χ2v) is 7.59. The average molecular weight is 366 g/mol. The van der Waals surface area contributed by atoms with Gasteiger partial charge in [0.2, 0.25) is 5.91 Å². The third kappa shape index (κ3) is 3.59. The van der Waals surface area contributed by atoms with Crippen LogP contribution in [0.1, 0.15) is 24.1 Å². The van der Waals surface area contributed by atoms with E-state index < -0.39 is 0 Å². The zero-order valence-electron chi connectivity index (χ0n) is 16.0. The van der Waals surface area contributed by atoms with Crippen molar-refractivity contribution in [3.8, 4) is 11.4 Å². The third-order valence-corrected chi connectivity index (χ3v) is 5.60. The second kappa shape index (κ2) is 7.37. The van der Waals surface area contributed by atoms with Gasteiger partial charge < -0.3 is 9.64 Å². The smallest absolute Gasteiger partial charge is 0.236 e. The summed E-state index contributed by atoms with van der Waals surface area (Å²) in [5.74, 6) is 0.897. The van der Waals surface area contributed by atoms with Crippen molar-refractivity contribution >= 4 is 5.91 Å². The van der Waals surface area contributed by atoms with E-state index in [4.69, 9.17) is 9.72 Å². The van der Waals surface area contributed by atoms with Gasteiger partial charge >= 0.3 is 0 Å². The number of hydrogen-bond donors (Lipinski definition) is 0. The number of likely N-dealkylation sites (tertiary alicyclic amines) is 1. The molecule has 2 aromatic rings. The number of piperidine rings is 1. The molecule has 1 aromatic heterocycles. The fourth-order valence-corrected chi connectivity index (χ4v) is 3.92. The Kier molecular flexibility index (Phi) is 4.93. The summed E-state index contributed by atoms with van der Waals surface area (Å²) in [7, 11) is 3.60. The maximum Gasteiger partial charge on any atom is 0.236 e. The van der Waals surface area contributed by atoms with E-state index in [1.807, 2.05) is 36.5 Å². The molecule has 6 nitrogen and oxygen atoms in total. The highest BCUT2D eigenvalue weighted by Crippen LogP contribution is 2.40. The number of aromatic nitrogens is 2. The third-order valence-electron chi connectivity index (χ3n) is 5.60. The molecular weight excluding hydrogens is 340 g/mol. The number of benzene rings is 1. The van der Waals surface area contributed by atoms with Gasteiger partial charge in [-0.25, -0.2) is 9.97 Å². The molecule has 0 radical (unpaired) electrons. The number of nitrogens with zero attached hydrogens (tertiary/aromatic N) is 4. The summed E-state index contributed by atoms with van der Waals surface area (Å²) in [6.07, 6.45) is 4.53. The molecule has 1 aromatic carbocycles. The molecular formula is C21H26N4O2. The highest BCUT2D eigenvalue weighted by molar-refractivity contribution is 5.77. The quantitative estimate of drug-likeness (QED) is 0.833. The monoisotopic (exact) mass is 366 g/mol. The van der Waals surface area contributed by atoms with Gasteiger partial charge in [0.25, 0.3) is 0 Å². The lowest BCUT2D eigenvalue weighted by Gasteiger charge is -2.44. The number of fused-ring (bicyclic) bond motifs is 2. The first-order chi connectivity index (χ1) is 13.1. The summed E-state index contributed by atoms with van der Waals surface area (Å²) in [6, 6.07) is 10.1. The van der Waals surface area contributed by atoms with E-state index in [1.54, 1.807) is 19.0 Å². The van der Waals surface area contributed by atoms with Gasteiger partial charge in [-0.1, -0.05) is 30.3 Å². The van der Waals surface area contributed by atoms with E-state index in [0.29, 0.717) is 13.2 Å². The van der Waals surface area contributed by atoms with Crippen molar-refractivity contribution in [2.24, 2.45) is 0 Å². The Balaban J connectivity index is 1.57. The zero-order valence-corrected chi connectivity index (χ0v) is 16.0. The van der Waals surface area contributed by atoms with Gasteiger partial charge in [-0.05, 0) is 24.8 Å².